The summed E-state index contributed by atoms with van der Waals surface area (Å²) in [7, 11) is 0. The van der Waals surface area contributed by atoms with Crippen molar-refractivity contribution in [3.63, 3.8) is 0 Å². The van der Waals surface area contributed by atoms with Crippen molar-refractivity contribution in [2.24, 2.45) is 17.8 Å². The zero-order valence-electron chi connectivity index (χ0n) is 16.1. The van der Waals surface area contributed by atoms with Gasteiger partial charge in [-0.3, -0.25) is 9.69 Å². The van der Waals surface area contributed by atoms with Gasteiger partial charge in [-0.05, 0) is 68.8 Å². The van der Waals surface area contributed by atoms with Gasteiger partial charge in [-0.15, -0.1) is 0 Å². The molecule has 4 saturated carbocycles. The molecule has 4 bridgehead atoms. The van der Waals surface area contributed by atoms with Crippen LogP contribution in [0, 0.1) is 17.8 Å². The molecule has 5 rings (SSSR count). The van der Waals surface area contributed by atoms with E-state index in [4.69, 9.17) is 9.47 Å². The average molecular weight is 371 g/mol. The van der Waals surface area contributed by atoms with Crippen LogP contribution in [-0.4, -0.2) is 35.7 Å². The van der Waals surface area contributed by atoms with Crippen LogP contribution in [0.25, 0.3) is 0 Å². The van der Waals surface area contributed by atoms with Crippen LogP contribution < -0.4 is 0 Å². The van der Waals surface area contributed by atoms with Gasteiger partial charge in [0.2, 0.25) is 0 Å². The van der Waals surface area contributed by atoms with E-state index in [9.17, 15) is 9.59 Å². The summed E-state index contributed by atoms with van der Waals surface area (Å²) in [5, 5.41) is 0. The number of hydrogen-bond acceptors (Lipinski definition) is 4. The second-order valence-corrected chi connectivity index (χ2v) is 8.57. The zero-order chi connectivity index (χ0) is 18.9. The van der Waals surface area contributed by atoms with Gasteiger partial charge in [0, 0.05) is 5.54 Å². The standard InChI is InChI=1S/C22H29NO4/c1-2-26-20(24)14-23(21(25)27-15-16-6-4-3-5-7-16)22-11-17-8-18(12-22)10-19(9-17)13-22/h3-7,17-19H,2,8-15H2,1H3. The predicted octanol–water partition coefficient (Wildman–Crippen LogP) is 4.16. The monoisotopic (exact) mass is 371 g/mol. The Morgan fingerprint density at radius 1 is 1.00 bits per heavy atom. The van der Waals surface area contributed by atoms with Crippen LogP contribution >= 0.6 is 0 Å². The van der Waals surface area contributed by atoms with Crippen molar-refractivity contribution in [3.05, 3.63) is 35.9 Å². The van der Waals surface area contributed by atoms with E-state index >= 15 is 0 Å². The van der Waals surface area contributed by atoms with Crippen molar-refractivity contribution >= 4 is 12.1 Å². The third kappa shape index (κ3) is 3.83. The van der Waals surface area contributed by atoms with Gasteiger partial charge in [0.1, 0.15) is 13.2 Å². The van der Waals surface area contributed by atoms with Crippen molar-refractivity contribution in [2.45, 2.75) is 57.6 Å². The first-order valence-electron chi connectivity index (χ1n) is 10.2. The molecular formula is C22H29NO4. The maximum atomic E-state index is 13.1. The summed E-state index contributed by atoms with van der Waals surface area (Å²) >= 11 is 0. The lowest BCUT2D eigenvalue weighted by Gasteiger charge is -2.59. The smallest absolute Gasteiger partial charge is 0.411 e. The van der Waals surface area contributed by atoms with Gasteiger partial charge in [-0.25, -0.2) is 4.79 Å². The van der Waals surface area contributed by atoms with Crippen molar-refractivity contribution in [1.82, 2.24) is 4.90 Å². The molecule has 0 atom stereocenters. The fourth-order valence-electron chi connectivity index (χ4n) is 5.95. The number of rotatable bonds is 6. The third-order valence-corrected chi connectivity index (χ3v) is 6.60. The van der Waals surface area contributed by atoms with E-state index in [2.05, 4.69) is 0 Å². The minimum atomic E-state index is -0.381. The van der Waals surface area contributed by atoms with Crippen molar-refractivity contribution in [3.8, 4) is 0 Å². The number of amides is 1. The number of nitrogens with zero attached hydrogens (tertiary/aromatic N) is 1. The SMILES string of the molecule is CCOC(=O)CN(C(=O)OCc1ccccc1)C12CC3CC(CC(C3)C1)C2. The second kappa shape index (κ2) is 7.53. The molecule has 0 radical (unpaired) electrons. The number of esters is 1. The molecular weight excluding hydrogens is 342 g/mol. The molecule has 0 aromatic heterocycles. The highest BCUT2D eigenvalue weighted by atomic mass is 16.6. The molecule has 0 heterocycles. The Kier molecular flexibility index (Phi) is 5.11. The molecule has 0 saturated heterocycles. The molecule has 1 aromatic carbocycles. The Labute approximate surface area is 161 Å². The molecule has 4 aliphatic rings. The summed E-state index contributed by atoms with van der Waals surface area (Å²) in [4.78, 5) is 27.0. The summed E-state index contributed by atoms with van der Waals surface area (Å²) in [6.07, 6.45) is 6.47. The molecule has 1 amide bonds. The van der Waals surface area contributed by atoms with E-state index in [1.165, 1.54) is 19.3 Å². The van der Waals surface area contributed by atoms with Crippen LogP contribution in [0.3, 0.4) is 0 Å². The lowest BCUT2D eigenvalue weighted by atomic mass is 9.52. The topological polar surface area (TPSA) is 55.8 Å². The van der Waals surface area contributed by atoms with Crippen molar-refractivity contribution in [1.29, 1.82) is 0 Å². The maximum absolute atomic E-state index is 13.1. The van der Waals surface area contributed by atoms with Gasteiger partial charge in [0.05, 0.1) is 6.61 Å². The lowest BCUT2D eigenvalue weighted by molar-refractivity contribution is -0.149. The number of benzene rings is 1. The van der Waals surface area contributed by atoms with Gasteiger partial charge < -0.3 is 9.47 Å². The summed E-state index contributed by atoms with van der Waals surface area (Å²) in [5.41, 5.74) is 0.724. The fourth-order valence-corrected chi connectivity index (χ4v) is 5.95. The van der Waals surface area contributed by atoms with E-state index in [1.54, 1.807) is 11.8 Å². The van der Waals surface area contributed by atoms with Gasteiger partial charge >= 0.3 is 12.1 Å². The molecule has 0 unspecified atom stereocenters. The van der Waals surface area contributed by atoms with E-state index in [-0.39, 0.29) is 30.8 Å². The summed E-state index contributed by atoms with van der Waals surface area (Å²) in [6, 6.07) is 9.67. The fraction of sp³-hybridized carbons (Fsp3) is 0.636. The number of hydrogen-bond donors (Lipinski definition) is 0. The van der Waals surface area contributed by atoms with Crippen LogP contribution in [0.4, 0.5) is 4.79 Å². The largest absolute Gasteiger partial charge is 0.465 e. The Balaban J connectivity index is 1.51. The van der Waals surface area contributed by atoms with Gasteiger partial charge in [-0.2, -0.15) is 0 Å². The normalized spacial score (nSPS) is 30.8. The van der Waals surface area contributed by atoms with Crippen molar-refractivity contribution < 1.29 is 19.1 Å². The number of carbonyl (C=O) groups is 2. The van der Waals surface area contributed by atoms with Crippen LogP contribution in [0.1, 0.15) is 51.0 Å². The van der Waals surface area contributed by atoms with Crippen LogP contribution in [-0.2, 0) is 20.9 Å². The van der Waals surface area contributed by atoms with Crippen LogP contribution in [0.15, 0.2) is 30.3 Å². The molecule has 5 nitrogen and oxygen atoms in total. The maximum Gasteiger partial charge on any atom is 0.411 e. The molecule has 27 heavy (non-hydrogen) atoms. The molecule has 146 valence electrons. The highest BCUT2D eigenvalue weighted by Gasteiger charge is 2.55. The quantitative estimate of drug-likeness (QED) is 0.705. The predicted molar refractivity (Wildman–Crippen MR) is 101 cm³/mol. The summed E-state index contributed by atoms with van der Waals surface area (Å²) < 4.78 is 10.8. The van der Waals surface area contributed by atoms with E-state index in [1.807, 2.05) is 30.3 Å². The highest BCUT2D eigenvalue weighted by molar-refractivity contribution is 5.79. The third-order valence-electron chi connectivity index (χ3n) is 6.60. The molecule has 0 aliphatic heterocycles. The molecule has 1 aromatic rings. The first-order valence-corrected chi connectivity index (χ1v) is 10.2. The molecule has 0 N–H and O–H groups in total. The zero-order valence-corrected chi connectivity index (χ0v) is 16.1. The van der Waals surface area contributed by atoms with Crippen LogP contribution in [0.2, 0.25) is 0 Å². The number of ether oxygens (including phenoxy) is 2. The number of carbonyl (C=O) groups excluding carboxylic acids is 2. The molecule has 5 heteroatoms. The second-order valence-electron chi connectivity index (χ2n) is 8.57. The minimum absolute atomic E-state index is 0.00633. The summed E-state index contributed by atoms with van der Waals surface area (Å²) in [5.74, 6) is 1.71. The minimum Gasteiger partial charge on any atom is -0.465 e. The van der Waals surface area contributed by atoms with E-state index in [0.29, 0.717) is 24.4 Å². The Morgan fingerprint density at radius 2 is 1.59 bits per heavy atom. The van der Waals surface area contributed by atoms with Gasteiger partial charge in [-0.1, -0.05) is 30.3 Å². The average Bonchev–Trinajstić information content (AvgIpc) is 2.64. The first-order chi connectivity index (χ1) is 13.1. The molecule has 4 aliphatic carbocycles. The first kappa shape index (κ1) is 18.3. The Bertz CT molecular complexity index is 652. The van der Waals surface area contributed by atoms with Crippen LogP contribution in [0.5, 0.6) is 0 Å². The molecule has 0 spiro atoms. The van der Waals surface area contributed by atoms with Gasteiger partial charge in [0.15, 0.2) is 0 Å². The summed E-state index contributed by atoms with van der Waals surface area (Å²) in [6.45, 7) is 2.34. The lowest BCUT2D eigenvalue weighted by Crippen LogP contribution is -2.62. The van der Waals surface area contributed by atoms with Crippen molar-refractivity contribution in [2.75, 3.05) is 13.2 Å². The highest BCUT2D eigenvalue weighted by Crippen LogP contribution is 2.57. The Hall–Kier alpha value is -2.04. The molecule has 4 fully saturated rings. The van der Waals surface area contributed by atoms with E-state index in [0.717, 1.165) is 24.8 Å². The van der Waals surface area contributed by atoms with E-state index < -0.39 is 0 Å². The van der Waals surface area contributed by atoms with Gasteiger partial charge in [0.25, 0.3) is 0 Å². The Morgan fingerprint density at radius 3 is 2.15 bits per heavy atom.